The van der Waals surface area contributed by atoms with Crippen molar-refractivity contribution in [3.63, 3.8) is 0 Å². The molecule has 8 heteroatoms. The van der Waals surface area contributed by atoms with Crippen molar-refractivity contribution >= 4 is 21.6 Å². The van der Waals surface area contributed by atoms with Crippen LogP contribution in [0.5, 0.6) is 0 Å². The van der Waals surface area contributed by atoms with Crippen LogP contribution in [-0.2, 0) is 32.5 Å². The lowest BCUT2D eigenvalue weighted by molar-refractivity contribution is -0.136. The highest BCUT2D eigenvalue weighted by atomic mass is 32.2. The highest BCUT2D eigenvalue weighted by molar-refractivity contribution is 7.92. The Balaban J connectivity index is 1.54. The molecule has 1 N–H and O–H groups in total. The van der Waals surface area contributed by atoms with Crippen molar-refractivity contribution in [3.8, 4) is 0 Å². The minimum atomic E-state index is -3.71. The second kappa shape index (κ2) is 7.28. The molecule has 1 atom stereocenters. The van der Waals surface area contributed by atoms with Crippen LogP contribution in [0.25, 0.3) is 0 Å². The first-order valence-electron chi connectivity index (χ1n) is 8.94. The van der Waals surface area contributed by atoms with Gasteiger partial charge in [-0.1, -0.05) is 6.07 Å². The molecule has 2 aliphatic heterocycles. The van der Waals surface area contributed by atoms with Crippen molar-refractivity contribution in [2.45, 2.75) is 24.3 Å². The van der Waals surface area contributed by atoms with Gasteiger partial charge < -0.3 is 9.64 Å². The van der Waals surface area contributed by atoms with E-state index in [0.29, 0.717) is 32.0 Å². The molecule has 0 spiro atoms. The fourth-order valence-electron chi connectivity index (χ4n) is 3.51. The van der Waals surface area contributed by atoms with Gasteiger partial charge in [0.25, 0.3) is 10.0 Å². The van der Waals surface area contributed by atoms with Crippen LogP contribution in [0.15, 0.2) is 47.6 Å². The lowest BCUT2D eigenvalue weighted by Gasteiger charge is -2.31. The van der Waals surface area contributed by atoms with Crippen molar-refractivity contribution < 1.29 is 17.9 Å². The van der Waals surface area contributed by atoms with Gasteiger partial charge in [0, 0.05) is 25.9 Å². The van der Waals surface area contributed by atoms with Gasteiger partial charge in [-0.25, -0.2) is 8.42 Å². The first-order chi connectivity index (χ1) is 13.0. The highest BCUT2D eigenvalue weighted by Crippen LogP contribution is 2.26. The Bertz CT molecular complexity index is 941. The van der Waals surface area contributed by atoms with Crippen LogP contribution in [-0.4, -0.2) is 44.0 Å². The molecule has 1 aromatic carbocycles. The number of nitrogens with one attached hydrogen (secondary N) is 1. The van der Waals surface area contributed by atoms with Crippen molar-refractivity contribution in [1.82, 2.24) is 9.88 Å². The van der Waals surface area contributed by atoms with Crippen LogP contribution < -0.4 is 4.72 Å². The molecule has 4 rings (SSSR count). The molecule has 0 saturated carbocycles. The van der Waals surface area contributed by atoms with E-state index in [1.165, 1.54) is 6.20 Å². The number of fused-ring (bicyclic) bond motifs is 1. The third kappa shape index (κ3) is 3.81. The number of benzene rings is 1. The van der Waals surface area contributed by atoms with Crippen LogP contribution in [0, 0.1) is 5.92 Å². The second-order valence-electron chi connectivity index (χ2n) is 6.85. The summed E-state index contributed by atoms with van der Waals surface area (Å²) in [5.74, 6) is 0.0191. The molecule has 1 fully saturated rings. The number of aromatic nitrogens is 1. The maximum atomic E-state index is 12.7. The van der Waals surface area contributed by atoms with E-state index in [1.54, 1.807) is 30.5 Å². The quantitative estimate of drug-likeness (QED) is 0.864. The number of pyridine rings is 1. The maximum absolute atomic E-state index is 12.7. The van der Waals surface area contributed by atoms with Crippen LogP contribution in [0.3, 0.4) is 0 Å². The minimum Gasteiger partial charge on any atom is -0.381 e. The number of carbonyl (C=O) groups excluding carboxylic acids is 1. The van der Waals surface area contributed by atoms with E-state index in [4.69, 9.17) is 4.74 Å². The van der Waals surface area contributed by atoms with Crippen molar-refractivity contribution in [2.24, 2.45) is 5.92 Å². The fraction of sp³-hybridized carbons (Fsp3) is 0.368. The SMILES string of the molecule is O=C([C@@H]1CCOC1)N1CCc2ccc(S(=O)(=O)Nc3cccnc3)cc2C1. The van der Waals surface area contributed by atoms with Gasteiger partial charge in [0.15, 0.2) is 0 Å². The summed E-state index contributed by atoms with van der Waals surface area (Å²) in [7, 11) is -3.71. The van der Waals surface area contributed by atoms with Gasteiger partial charge in [-0.3, -0.25) is 14.5 Å². The average molecular weight is 387 g/mol. The predicted molar refractivity (Wildman–Crippen MR) is 99.5 cm³/mol. The van der Waals surface area contributed by atoms with E-state index in [2.05, 4.69) is 9.71 Å². The molecule has 142 valence electrons. The lowest BCUT2D eigenvalue weighted by Crippen LogP contribution is -2.40. The fourth-order valence-corrected chi connectivity index (χ4v) is 4.61. The molecular formula is C19H21N3O4S. The first-order valence-corrected chi connectivity index (χ1v) is 10.4. The summed E-state index contributed by atoms with van der Waals surface area (Å²) in [6.07, 6.45) is 4.52. The molecule has 2 aliphatic rings. The molecule has 0 bridgehead atoms. The molecule has 7 nitrogen and oxygen atoms in total. The van der Waals surface area contributed by atoms with E-state index in [1.807, 2.05) is 11.0 Å². The zero-order valence-corrected chi connectivity index (χ0v) is 15.6. The number of carbonyl (C=O) groups is 1. The number of anilines is 1. The summed E-state index contributed by atoms with van der Waals surface area (Å²) >= 11 is 0. The number of rotatable bonds is 4. The van der Waals surface area contributed by atoms with Crippen LogP contribution >= 0.6 is 0 Å². The van der Waals surface area contributed by atoms with Gasteiger partial charge in [0.1, 0.15) is 0 Å². The van der Waals surface area contributed by atoms with E-state index in [-0.39, 0.29) is 16.7 Å². The third-order valence-corrected chi connectivity index (χ3v) is 6.38. The van der Waals surface area contributed by atoms with Gasteiger partial charge in [-0.2, -0.15) is 0 Å². The summed E-state index contributed by atoms with van der Waals surface area (Å²) in [4.78, 5) is 18.6. The maximum Gasteiger partial charge on any atom is 0.261 e. The number of ether oxygens (including phenoxy) is 1. The molecule has 27 heavy (non-hydrogen) atoms. The third-order valence-electron chi connectivity index (χ3n) is 5.00. The van der Waals surface area contributed by atoms with E-state index in [9.17, 15) is 13.2 Å². The summed E-state index contributed by atoms with van der Waals surface area (Å²) in [5.41, 5.74) is 2.37. The monoisotopic (exact) mass is 387 g/mol. The minimum absolute atomic E-state index is 0.0780. The second-order valence-corrected chi connectivity index (χ2v) is 8.53. The van der Waals surface area contributed by atoms with E-state index >= 15 is 0 Å². The molecular weight excluding hydrogens is 366 g/mol. The Morgan fingerprint density at radius 3 is 2.89 bits per heavy atom. The number of amides is 1. The summed E-state index contributed by atoms with van der Waals surface area (Å²) in [6, 6.07) is 8.43. The zero-order chi connectivity index (χ0) is 18.9. The lowest BCUT2D eigenvalue weighted by atomic mass is 9.98. The summed E-state index contributed by atoms with van der Waals surface area (Å²) in [5, 5.41) is 0. The van der Waals surface area contributed by atoms with Gasteiger partial charge in [-0.15, -0.1) is 0 Å². The van der Waals surface area contributed by atoms with Crippen LogP contribution in [0.4, 0.5) is 5.69 Å². The van der Waals surface area contributed by atoms with Gasteiger partial charge in [0.05, 0.1) is 29.3 Å². The number of sulfonamides is 1. The van der Waals surface area contributed by atoms with E-state index < -0.39 is 10.0 Å². The molecule has 1 amide bonds. The molecule has 0 unspecified atom stereocenters. The van der Waals surface area contributed by atoms with Gasteiger partial charge in [0.2, 0.25) is 5.91 Å². The average Bonchev–Trinajstić information content (AvgIpc) is 3.22. The molecule has 0 radical (unpaired) electrons. The molecule has 2 aromatic rings. The Morgan fingerprint density at radius 1 is 1.26 bits per heavy atom. The van der Waals surface area contributed by atoms with Crippen molar-refractivity contribution in [1.29, 1.82) is 0 Å². The van der Waals surface area contributed by atoms with E-state index in [0.717, 1.165) is 24.0 Å². The number of hydrogen-bond acceptors (Lipinski definition) is 5. The largest absolute Gasteiger partial charge is 0.381 e. The Kier molecular flexibility index (Phi) is 4.84. The number of hydrogen-bond donors (Lipinski definition) is 1. The smallest absolute Gasteiger partial charge is 0.261 e. The predicted octanol–water partition coefficient (Wildman–Crippen LogP) is 1.80. The van der Waals surface area contributed by atoms with Crippen molar-refractivity contribution in [2.75, 3.05) is 24.5 Å². The Labute approximate surface area is 158 Å². The zero-order valence-electron chi connectivity index (χ0n) is 14.8. The Hall–Kier alpha value is -2.45. The normalized spacial score (nSPS) is 19.6. The van der Waals surface area contributed by atoms with Gasteiger partial charge >= 0.3 is 0 Å². The summed E-state index contributed by atoms with van der Waals surface area (Å²) < 4.78 is 33.2. The summed E-state index contributed by atoms with van der Waals surface area (Å²) in [6.45, 7) is 2.19. The number of nitrogens with zero attached hydrogens (tertiary/aromatic N) is 2. The van der Waals surface area contributed by atoms with Gasteiger partial charge in [-0.05, 0) is 48.2 Å². The van der Waals surface area contributed by atoms with Crippen LogP contribution in [0.1, 0.15) is 17.5 Å². The molecule has 0 aliphatic carbocycles. The standard InChI is InChI=1S/C19H21N3O4S/c23-19(15-6-9-26-13-15)22-8-5-14-3-4-18(10-16(14)12-22)27(24,25)21-17-2-1-7-20-11-17/h1-4,7,10-11,15,21H,5-6,8-9,12-13H2/t15-/m1/s1. The first kappa shape index (κ1) is 17.9. The van der Waals surface area contributed by atoms with Crippen LogP contribution in [0.2, 0.25) is 0 Å². The molecule has 1 saturated heterocycles. The topological polar surface area (TPSA) is 88.6 Å². The highest BCUT2D eigenvalue weighted by Gasteiger charge is 2.30. The Morgan fingerprint density at radius 2 is 2.15 bits per heavy atom. The molecule has 3 heterocycles. The van der Waals surface area contributed by atoms with Crippen molar-refractivity contribution in [3.05, 3.63) is 53.9 Å². The molecule has 1 aromatic heterocycles.